The number of aromatic nitrogens is 4. The molecular weight excluding hydrogens is 472 g/mol. The van der Waals surface area contributed by atoms with Gasteiger partial charge in [0.2, 0.25) is 5.95 Å². The Labute approximate surface area is 195 Å². The summed E-state index contributed by atoms with van der Waals surface area (Å²) >= 11 is 3.44. The van der Waals surface area contributed by atoms with Crippen molar-refractivity contribution in [3.8, 4) is 0 Å². The summed E-state index contributed by atoms with van der Waals surface area (Å²) < 4.78 is 4.19. The smallest absolute Gasteiger partial charge is 0.303 e. The molecule has 0 aliphatic heterocycles. The zero-order valence-corrected chi connectivity index (χ0v) is 20.5. The molecule has 1 aromatic carbocycles. The van der Waals surface area contributed by atoms with Gasteiger partial charge >= 0.3 is 5.69 Å². The Morgan fingerprint density at radius 1 is 1.09 bits per heavy atom. The van der Waals surface area contributed by atoms with Gasteiger partial charge in [0.25, 0.3) is 5.56 Å². The molecule has 8 nitrogen and oxygen atoms in total. The number of hydrazone groups is 1. The summed E-state index contributed by atoms with van der Waals surface area (Å²) in [4.78, 5) is 31.5. The molecule has 2 aromatic heterocycles. The molecule has 0 amide bonds. The maximum Gasteiger partial charge on any atom is 0.329 e. The second kappa shape index (κ2) is 11.3. The summed E-state index contributed by atoms with van der Waals surface area (Å²) in [5.74, 6) is 0.453. The van der Waals surface area contributed by atoms with Crippen LogP contribution >= 0.6 is 15.9 Å². The molecule has 0 bridgehead atoms. The number of aryl methyl sites for hydroxylation is 2. The molecule has 2 N–H and O–H groups in total. The number of hydrogen-bond acceptors (Lipinski definition) is 5. The van der Waals surface area contributed by atoms with Crippen molar-refractivity contribution in [2.45, 2.75) is 65.3 Å². The molecule has 0 saturated carbocycles. The summed E-state index contributed by atoms with van der Waals surface area (Å²) in [5.41, 5.74) is 4.60. The van der Waals surface area contributed by atoms with E-state index in [9.17, 15) is 9.59 Å². The van der Waals surface area contributed by atoms with Gasteiger partial charge in [-0.3, -0.25) is 14.3 Å². The van der Waals surface area contributed by atoms with Gasteiger partial charge in [-0.15, -0.1) is 0 Å². The first-order valence-electron chi connectivity index (χ1n) is 11.2. The van der Waals surface area contributed by atoms with E-state index >= 15 is 0 Å². The molecular formula is C23H31BrN6O2. The van der Waals surface area contributed by atoms with E-state index in [1.807, 2.05) is 35.8 Å². The average molecular weight is 503 g/mol. The Balaban J connectivity index is 1.84. The topological polar surface area (TPSA) is 97.1 Å². The van der Waals surface area contributed by atoms with Gasteiger partial charge in [-0.05, 0) is 31.0 Å². The second-order valence-corrected chi connectivity index (χ2v) is 8.93. The van der Waals surface area contributed by atoms with Crippen molar-refractivity contribution in [3.05, 3.63) is 55.1 Å². The fourth-order valence-corrected chi connectivity index (χ4v) is 3.92. The molecule has 0 spiro atoms. The number of hydrogen-bond donors (Lipinski definition) is 2. The minimum Gasteiger partial charge on any atom is -0.303 e. The van der Waals surface area contributed by atoms with E-state index in [2.05, 4.69) is 43.3 Å². The van der Waals surface area contributed by atoms with Crippen molar-refractivity contribution in [2.75, 3.05) is 5.43 Å². The van der Waals surface area contributed by atoms with E-state index in [1.165, 1.54) is 36.7 Å². The number of nitrogens with zero attached hydrogens (tertiary/aromatic N) is 4. The molecule has 32 heavy (non-hydrogen) atoms. The van der Waals surface area contributed by atoms with Gasteiger partial charge in [0.05, 0.1) is 5.71 Å². The fraction of sp³-hybridized carbons (Fsp3) is 0.478. The lowest BCUT2D eigenvalue weighted by Crippen LogP contribution is -2.29. The fourth-order valence-electron chi connectivity index (χ4n) is 3.65. The van der Waals surface area contributed by atoms with Crippen LogP contribution in [-0.2, 0) is 13.6 Å². The predicted octanol–water partition coefficient (Wildman–Crippen LogP) is 4.77. The molecule has 0 saturated heterocycles. The monoisotopic (exact) mass is 502 g/mol. The number of nitrogens with one attached hydrogen (secondary N) is 2. The number of imidazole rings is 1. The van der Waals surface area contributed by atoms with Crippen molar-refractivity contribution >= 4 is 38.8 Å². The standard InChI is InChI=1S/C23H31BrN6O2/c1-4-5-6-7-8-9-10-15-30-19-20(29(3)23(32)26-21(19)31)25-22(30)28-27-16(2)17-11-13-18(24)14-12-17/h11-14H,4-10,15H2,1-3H3,(H,25,28)(H,26,31,32). The van der Waals surface area contributed by atoms with Crippen LogP contribution in [0, 0.1) is 0 Å². The molecule has 0 radical (unpaired) electrons. The number of rotatable bonds is 11. The van der Waals surface area contributed by atoms with Crippen LogP contribution in [0.25, 0.3) is 11.2 Å². The van der Waals surface area contributed by atoms with Crippen LogP contribution in [0.5, 0.6) is 0 Å². The van der Waals surface area contributed by atoms with Crippen molar-refractivity contribution in [2.24, 2.45) is 12.1 Å². The molecule has 0 aliphatic rings. The van der Waals surface area contributed by atoms with Crippen molar-refractivity contribution in [1.82, 2.24) is 19.1 Å². The molecule has 172 valence electrons. The van der Waals surface area contributed by atoms with E-state index in [0.29, 0.717) is 23.7 Å². The number of benzene rings is 1. The van der Waals surface area contributed by atoms with E-state index in [1.54, 1.807) is 7.05 Å². The minimum atomic E-state index is -0.482. The predicted molar refractivity (Wildman–Crippen MR) is 134 cm³/mol. The number of aromatic amines is 1. The summed E-state index contributed by atoms with van der Waals surface area (Å²) in [7, 11) is 1.60. The molecule has 2 heterocycles. The third kappa shape index (κ3) is 5.76. The maximum absolute atomic E-state index is 12.6. The molecule has 0 fully saturated rings. The number of fused-ring (bicyclic) bond motifs is 1. The highest BCUT2D eigenvalue weighted by atomic mass is 79.9. The zero-order chi connectivity index (χ0) is 23.1. The van der Waals surface area contributed by atoms with E-state index in [-0.39, 0.29) is 0 Å². The van der Waals surface area contributed by atoms with Crippen LogP contribution in [0.4, 0.5) is 5.95 Å². The van der Waals surface area contributed by atoms with Crippen LogP contribution in [0.15, 0.2) is 43.4 Å². The van der Waals surface area contributed by atoms with Crippen LogP contribution < -0.4 is 16.7 Å². The van der Waals surface area contributed by atoms with Gasteiger partial charge in [-0.25, -0.2) is 10.2 Å². The van der Waals surface area contributed by atoms with Crippen LogP contribution in [0.1, 0.15) is 64.4 Å². The summed E-state index contributed by atoms with van der Waals surface area (Å²) in [5, 5.41) is 4.48. The average Bonchev–Trinajstić information content (AvgIpc) is 3.15. The molecule has 9 heteroatoms. The Hall–Kier alpha value is -2.68. The first-order valence-corrected chi connectivity index (χ1v) is 12.0. The van der Waals surface area contributed by atoms with Gasteiger partial charge in [0.15, 0.2) is 11.2 Å². The van der Waals surface area contributed by atoms with E-state index in [0.717, 1.165) is 28.6 Å². The first kappa shape index (κ1) is 24.0. The van der Waals surface area contributed by atoms with Crippen molar-refractivity contribution < 1.29 is 0 Å². The number of unbranched alkanes of at least 4 members (excludes halogenated alkanes) is 6. The highest BCUT2D eigenvalue weighted by molar-refractivity contribution is 9.10. The summed E-state index contributed by atoms with van der Waals surface area (Å²) in [6.45, 7) is 4.74. The Morgan fingerprint density at radius 3 is 2.44 bits per heavy atom. The van der Waals surface area contributed by atoms with E-state index in [4.69, 9.17) is 0 Å². The van der Waals surface area contributed by atoms with Crippen LogP contribution in [0.2, 0.25) is 0 Å². The summed E-state index contributed by atoms with van der Waals surface area (Å²) in [6.07, 6.45) is 8.18. The summed E-state index contributed by atoms with van der Waals surface area (Å²) in [6, 6.07) is 7.86. The molecule has 3 rings (SSSR count). The molecule has 0 unspecified atom stereocenters. The van der Waals surface area contributed by atoms with Crippen LogP contribution in [0.3, 0.4) is 0 Å². The lowest BCUT2D eigenvalue weighted by molar-refractivity contribution is 0.556. The number of halogens is 1. The largest absolute Gasteiger partial charge is 0.329 e. The highest BCUT2D eigenvalue weighted by Gasteiger charge is 2.17. The van der Waals surface area contributed by atoms with Crippen LogP contribution in [-0.4, -0.2) is 24.8 Å². The van der Waals surface area contributed by atoms with Gasteiger partial charge < -0.3 is 4.57 Å². The van der Waals surface area contributed by atoms with Gasteiger partial charge in [-0.2, -0.15) is 10.1 Å². The lowest BCUT2D eigenvalue weighted by atomic mass is 10.1. The minimum absolute atomic E-state index is 0.348. The third-order valence-electron chi connectivity index (χ3n) is 5.58. The maximum atomic E-state index is 12.6. The van der Waals surface area contributed by atoms with Gasteiger partial charge in [0.1, 0.15) is 0 Å². The highest BCUT2D eigenvalue weighted by Crippen LogP contribution is 2.18. The zero-order valence-electron chi connectivity index (χ0n) is 18.9. The van der Waals surface area contributed by atoms with Crippen molar-refractivity contribution in [3.63, 3.8) is 0 Å². The first-order chi connectivity index (χ1) is 15.4. The SMILES string of the molecule is CCCCCCCCCn1c(NN=C(C)c2ccc(Br)cc2)nc2c1c(=O)[nH]c(=O)n2C. The van der Waals surface area contributed by atoms with E-state index < -0.39 is 11.2 Å². The Kier molecular flexibility index (Phi) is 8.44. The van der Waals surface area contributed by atoms with Gasteiger partial charge in [-0.1, -0.05) is 73.5 Å². The Morgan fingerprint density at radius 2 is 1.75 bits per heavy atom. The lowest BCUT2D eigenvalue weighted by Gasteiger charge is -2.09. The van der Waals surface area contributed by atoms with Crippen molar-refractivity contribution in [1.29, 1.82) is 0 Å². The normalized spacial score (nSPS) is 11.9. The molecule has 0 atom stereocenters. The Bertz CT molecular complexity index is 1190. The quantitative estimate of drug-likeness (QED) is 0.224. The second-order valence-electron chi connectivity index (χ2n) is 8.01. The molecule has 0 aliphatic carbocycles. The van der Waals surface area contributed by atoms with Gasteiger partial charge in [0, 0.05) is 18.1 Å². The number of anilines is 1. The third-order valence-corrected chi connectivity index (χ3v) is 6.11. The number of H-pyrrole nitrogens is 1. The molecule has 3 aromatic rings.